The Hall–Kier alpha value is -0.300. The summed E-state index contributed by atoms with van der Waals surface area (Å²) < 4.78 is 5.25. The van der Waals surface area contributed by atoms with Gasteiger partial charge in [0, 0.05) is 13.2 Å². The fourth-order valence-electron chi connectivity index (χ4n) is 1.24. The molecule has 0 aromatic rings. The van der Waals surface area contributed by atoms with E-state index in [1.807, 2.05) is 0 Å². The lowest BCUT2D eigenvalue weighted by atomic mass is 10.00. The molecule has 1 fully saturated rings. The summed E-state index contributed by atoms with van der Waals surface area (Å²) in [5.41, 5.74) is 0. The Bertz CT molecular complexity index is 101. The van der Waals surface area contributed by atoms with Gasteiger partial charge in [0.2, 0.25) is 0 Å². The Labute approximate surface area is 63.1 Å². The molecule has 0 spiro atoms. The number of allylic oxidation sites excluding steroid dienone is 2. The van der Waals surface area contributed by atoms with E-state index in [1.54, 1.807) is 0 Å². The van der Waals surface area contributed by atoms with Crippen molar-refractivity contribution in [3.8, 4) is 0 Å². The van der Waals surface area contributed by atoms with Gasteiger partial charge in [0.25, 0.3) is 0 Å². The molecule has 1 nitrogen and oxygen atoms in total. The third-order valence-electron chi connectivity index (χ3n) is 1.91. The molecule has 1 heterocycles. The molecule has 1 saturated heterocycles. The highest BCUT2D eigenvalue weighted by Crippen LogP contribution is 2.15. The second-order valence-corrected chi connectivity index (χ2v) is 2.79. The smallest absolute Gasteiger partial charge is 0.0471 e. The van der Waals surface area contributed by atoms with Crippen LogP contribution in [-0.2, 0) is 4.74 Å². The number of hydrogen-bond donors (Lipinski definition) is 0. The molecule has 58 valence electrons. The molecule has 0 aromatic carbocycles. The monoisotopic (exact) mass is 140 g/mol. The van der Waals surface area contributed by atoms with E-state index in [4.69, 9.17) is 4.74 Å². The lowest BCUT2D eigenvalue weighted by Gasteiger charge is -2.18. The van der Waals surface area contributed by atoms with Crippen molar-refractivity contribution in [3.63, 3.8) is 0 Å². The van der Waals surface area contributed by atoms with Crippen LogP contribution < -0.4 is 0 Å². The largest absolute Gasteiger partial charge is 0.381 e. The first-order valence-corrected chi connectivity index (χ1v) is 4.18. The van der Waals surface area contributed by atoms with Gasteiger partial charge in [-0.2, -0.15) is 0 Å². The summed E-state index contributed by atoms with van der Waals surface area (Å²) >= 11 is 0. The minimum atomic E-state index is 0.800. The fourth-order valence-corrected chi connectivity index (χ4v) is 1.24. The minimum absolute atomic E-state index is 0.800. The summed E-state index contributed by atoms with van der Waals surface area (Å²) in [7, 11) is 0. The summed E-state index contributed by atoms with van der Waals surface area (Å²) in [6.45, 7) is 4.09. The van der Waals surface area contributed by atoms with Gasteiger partial charge in [-0.1, -0.05) is 19.1 Å². The predicted molar refractivity (Wildman–Crippen MR) is 43.0 cm³/mol. The first kappa shape index (κ1) is 7.80. The summed E-state index contributed by atoms with van der Waals surface area (Å²) in [6, 6.07) is 0. The third kappa shape index (κ3) is 2.53. The molecule has 0 radical (unpaired) electrons. The van der Waals surface area contributed by atoms with Gasteiger partial charge in [-0.05, 0) is 25.2 Å². The lowest BCUT2D eigenvalue weighted by molar-refractivity contribution is 0.0785. The van der Waals surface area contributed by atoms with Crippen molar-refractivity contribution in [3.05, 3.63) is 12.2 Å². The van der Waals surface area contributed by atoms with E-state index < -0.39 is 0 Å². The quantitative estimate of drug-likeness (QED) is 0.535. The molecule has 0 aliphatic carbocycles. The van der Waals surface area contributed by atoms with Crippen LogP contribution in [0.15, 0.2) is 12.2 Å². The summed E-state index contributed by atoms with van der Waals surface area (Å²) in [6.07, 6.45) is 8.20. The van der Waals surface area contributed by atoms with Crippen LogP contribution in [0.4, 0.5) is 0 Å². The standard InChI is InChI=1S/C9H16O/c1-2-3-4-9-5-7-10-8-6-9/h3-4,9H,2,5-8H2,1H3/b4-3+. The van der Waals surface area contributed by atoms with Gasteiger partial charge >= 0.3 is 0 Å². The molecule has 0 unspecified atom stereocenters. The Kier molecular flexibility index (Phi) is 3.52. The topological polar surface area (TPSA) is 9.23 Å². The SMILES string of the molecule is CC/C=C/C1CCOCC1. The van der Waals surface area contributed by atoms with Crippen molar-refractivity contribution in [1.29, 1.82) is 0 Å². The summed E-state index contributed by atoms with van der Waals surface area (Å²) in [4.78, 5) is 0. The van der Waals surface area contributed by atoms with Crippen molar-refractivity contribution in [1.82, 2.24) is 0 Å². The molecule has 1 heteroatoms. The molecule has 1 rings (SSSR count). The zero-order valence-corrected chi connectivity index (χ0v) is 6.68. The minimum Gasteiger partial charge on any atom is -0.381 e. The van der Waals surface area contributed by atoms with Gasteiger partial charge in [0.15, 0.2) is 0 Å². The van der Waals surface area contributed by atoms with Crippen LogP contribution >= 0.6 is 0 Å². The van der Waals surface area contributed by atoms with Gasteiger partial charge in [-0.3, -0.25) is 0 Å². The average molecular weight is 140 g/mol. The van der Waals surface area contributed by atoms with Crippen molar-refractivity contribution < 1.29 is 4.74 Å². The van der Waals surface area contributed by atoms with E-state index in [2.05, 4.69) is 19.1 Å². The van der Waals surface area contributed by atoms with Gasteiger partial charge in [-0.15, -0.1) is 0 Å². The zero-order chi connectivity index (χ0) is 7.23. The molecule has 1 aliphatic rings. The molecule has 0 N–H and O–H groups in total. The highest BCUT2D eigenvalue weighted by Gasteiger charge is 2.08. The van der Waals surface area contributed by atoms with Crippen LogP contribution in [0.2, 0.25) is 0 Å². The highest BCUT2D eigenvalue weighted by atomic mass is 16.5. The summed E-state index contributed by atoms with van der Waals surface area (Å²) in [5.74, 6) is 0.800. The average Bonchev–Trinajstić information content (AvgIpc) is 2.03. The number of rotatable bonds is 2. The van der Waals surface area contributed by atoms with E-state index in [0.717, 1.165) is 25.6 Å². The number of hydrogen-bond acceptors (Lipinski definition) is 1. The number of ether oxygens (including phenoxy) is 1. The molecule has 0 aromatic heterocycles. The Morgan fingerprint density at radius 2 is 2.10 bits per heavy atom. The Balaban J connectivity index is 2.19. The van der Waals surface area contributed by atoms with Crippen molar-refractivity contribution in [2.24, 2.45) is 5.92 Å². The molecule has 0 atom stereocenters. The fraction of sp³-hybridized carbons (Fsp3) is 0.778. The summed E-state index contributed by atoms with van der Waals surface area (Å²) in [5, 5.41) is 0. The van der Waals surface area contributed by atoms with Crippen LogP contribution in [0.3, 0.4) is 0 Å². The van der Waals surface area contributed by atoms with Crippen LogP contribution in [0, 0.1) is 5.92 Å². The van der Waals surface area contributed by atoms with Crippen LogP contribution in [0.25, 0.3) is 0 Å². The Morgan fingerprint density at radius 1 is 1.40 bits per heavy atom. The normalized spacial score (nSPS) is 22.1. The maximum atomic E-state index is 5.25. The third-order valence-corrected chi connectivity index (χ3v) is 1.91. The predicted octanol–water partition coefficient (Wildman–Crippen LogP) is 2.38. The van der Waals surface area contributed by atoms with Gasteiger partial charge in [0.1, 0.15) is 0 Å². The molecule has 10 heavy (non-hydrogen) atoms. The zero-order valence-electron chi connectivity index (χ0n) is 6.68. The van der Waals surface area contributed by atoms with Gasteiger partial charge in [-0.25, -0.2) is 0 Å². The van der Waals surface area contributed by atoms with Gasteiger partial charge < -0.3 is 4.74 Å². The second-order valence-electron chi connectivity index (χ2n) is 2.79. The van der Waals surface area contributed by atoms with E-state index in [9.17, 15) is 0 Å². The maximum Gasteiger partial charge on any atom is 0.0471 e. The van der Waals surface area contributed by atoms with E-state index in [-0.39, 0.29) is 0 Å². The maximum absolute atomic E-state index is 5.25. The van der Waals surface area contributed by atoms with Crippen LogP contribution in [0.1, 0.15) is 26.2 Å². The molecular formula is C9H16O. The highest BCUT2D eigenvalue weighted by molar-refractivity contribution is 4.88. The second kappa shape index (κ2) is 4.51. The lowest BCUT2D eigenvalue weighted by Crippen LogP contribution is -2.13. The van der Waals surface area contributed by atoms with Crippen LogP contribution in [-0.4, -0.2) is 13.2 Å². The van der Waals surface area contributed by atoms with Crippen molar-refractivity contribution >= 4 is 0 Å². The van der Waals surface area contributed by atoms with E-state index in [0.29, 0.717) is 0 Å². The first-order valence-electron chi connectivity index (χ1n) is 4.18. The Morgan fingerprint density at radius 3 is 2.70 bits per heavy atom. The van der Waals surface area contributed by atoms with Gasteiger partial charge in [0.05, 0.1) is 0 Å². The molecule has 0 amide bonds. The van der Waals surface area contributed by atoms with E-state index >= 15 is 0 Å². The molecule has 1 aliphatic heterocycles. The van der Waals surface area contributed by atoms with Crippen molar-refractivity contribution in [2.75, 3.05) is 13.2 Å². The molecule has 0 bridgehead atoms. The van der Waals surface area contributed by atoms with Crippen LogP contribution in [0.5, 0.6) is 0 Å². The first-order chi connectivity index (χ1) is 4.93. The molecular weight excluding hydrogens is 124 g/mol. The van der Waals surface area contributed by atoms with Crippen molar-refractivity contribution in [2.45, 2.75) is 26.2 Å². The molecule has 0 saturated carbocycles. The van der Waals surface area contributed by atoms with E-state index in [1.165, 1.54) is 12.8 Å².